The molecule has 2 heteroatoms. The molecule has 26 heavy (non-hydrogen) atoms. The van der Waals surface area contributed by atoms with E-state index in [1.165, 1.54) is 61.3 Å². The summed E-state index contributed by atoms with van der Waals surface area (Å²) in [6, 6.07) is 18.1. The zero-order valence-electron chi connectivity index (χ0n) is 16.7. The fraction of sp³-hybridized carbons (Fsp3) is 0.500. The van der Waals surface area contributed by atoms with E-state index in [2.05, 4.69) is 44.3 Å². The van der Waals surface area contributed by atoms with E-state index in [1.807, 2.05) is 12.1 Å². The van der Waals surface area contributed by atoms with E-state index < -0.39 is 8.07 Å². The minimum atomic E-state index is -1.03. The first-order valence-corrected chi connectivity index (χ1v) is 13.7. The van der Waals surface area contributed by atoms with E-state index in [0.29, 0.717) is 5.75 Å². The normalized spacial score (nSPS) is 20.9. The number of aromatic hydroxyl groups is 1. The van der Waals surface area contributed by atoms with Gasteiger partial charge in [-0.2, -0.15) is 0 Å². The Labute approximate surface area is 160 Å². The fourth-order valence-corrected chi connectivity index (χ4v) is 8.22. The first-order valence-electron chi connectivity index (χ1n) is 10.4. The van der Waals surface area contributed by atoms with Crippen LogP contribution in [0.25, 0.3) is 11.1 Å². The lowest BCUT2D eigenvalue weighted by Crippen LogP contribution is -2.34. The largest absolute Gasteiger partial charge is 0.508 e. The average molecular weight is 367 g/mol. The minimum absolute atomic E-state index is 0.326. The summed E-state index contributed by atoms with van der Waals surface area (Å²) < 4.78 is 0. The molecule has 1 aliphatic rings. The van der Waals surface area contributed by atoms with Crippen molar-refractivity contribution < 1.29 is 5.11 Å². The molecule has 2 aromatic carbocycles. The molecule has 1 N–H and O–H groups in total. The molecule has 0 bridgehead atoms. The Hall–Kier alpha value is -1.54. The van der Waals surface area contributed by atoms with Gasteiger partial charge < -0.3 is 5.11 Å². The number of phenols is 1. The highest BCUT2D eigenvalue weighted by molar-refractivity contribution is 6.78. The fourth-order valence-electron chi connectivity index (χ4n) is 4.65. The lowest BCUT2D eigenvalue weighted by atomic mass is 9.83. The maximum absolute atomic E-state index is 9.45. The lowest BCUT2D eigenvalue weighted by Gasteiger charge is -2.38. The lowest BCUT2D eigenvalue weighted by molar-refractivity contribution is 0.433. The van der Waals surface area contributed by atoms with E-state index in [1.54, 1.807) is 12.1 Å². The first kappa shape index (κ1) is 19.2. The highest BCUT2D eigenvalue weighted by Gasteiger charge is 2.34. The summed E-state index contributed by atoms with van der Waals surface area (Å²) in [6.07, 6.45) is 8.38. The molecule has 3 rings (SSSR count). The molecule has 0 heterocycles. The average Bonchev–Trinajstić information content (AvgIpc) is 2.67. The van der Waals surface area contributed by atoms with Crippen molar-refractivity contribution in [1.82, 2.24) is 0 Å². The Balaban J connectivity index is 1.60. The summed E-state index contributed by atoms with van der Waals surface area (Å²) in [6.45, 7) is 7.57. The Morgan fingerprint density at radius 2 is 1.38 bits per heavy atom. The van der Waals surface area contributed by atoms with Crippen molar-refractivity contribution in [1.29, 1.82) is 0 Å². The first-order chi connectivity index (χ1) is 12.5. The number of benzene rings is 2. The van der Waals surface area contributed by atoms with E-state index in [9.17, 15) is 5.11 Å². The molecule has 0 radical (unpaired) electrons. The Bertz CT molecular complexity index is 679. The summed E-state index contributed by atoms with van der Waals surface area (Å²) in [7, 11) is -1.03. The number of phenolic OH excluding ortho intramolecular Hbond substituents is 1. The SMILES string of the molecule is CCCC[Si](C)(C)C1CCC(c2ccc(-c3ccc(O)cc3)cc2)CC1. The van der Waals surface area contributed by atoms with Crippen molar-refractivity contribution in [3.8, 4) is 16.9 Å². The van der Waals surface area contributed by atoms with Gasteiger partial charge in [0.25, 0.3) is 0 Å². The van der Waals surface area contributed by atoms with E-state index >= 15 is 0 Å². The molecule has 0 aromatic heterocycles. The number of rotatable bonds is 6. The number of hydrogen-bond acceptors (Lipinski definition) is 1. The van der Waals surface area contributed by atoms with Crippen LogP contribution in [0.3, 0.4) is 0 Å². The molecule has 0 amide bonds. The van der Waals surface area contributed by atoms with Gasteiger partial charge in [0.2, 0.25) is 0 Å². The van der Waals surface area contributed by atoms with Crippen molar-refractivity contribution in [2.24, 2.45) is 0 Å². The zero-order valence-corrected chi connectivity index (χ0v) is 17.7. The van der Waals surface area contributed by atoms with Crippen molar-refractivity contribution in [2.45, 2.75) is 76.0 Å². The summed E-state index contributed by atoms with van der Waals surface area (Å²) in [5.74, 6) is 1.07. The van der Waals surface area contributed by atoms with Gasteiger partial charge in [-0.05, 0) is 53.1 Å². The second kappa shape index (κ2) is 8.43. The van der Waals surface area contributed by atoms with Crippen molar-refractivity contribution in [3.05, 3.63) is 54.1 Å². The van der Waals surface area contributed by atoms with Crippen LogP contribution in [0.1, 0.15) is 56.9 Å². The smallest absolute Gasteiger partial charge is 0.115 e. The Morgan fingerprint density at radius 1 is 0.846 bits per heavy atom. The van der Waals surface area contributed by atoms with Crippen LogP contribution in [0.5, 0.6) is 5.75 Å². The molecule has 0 spiro atoms. The number of hydrogen-bond donors (Lipinski definition) is 1. The molecule has 1 fully saturated rings. The van der Waals surface area contributed by atoms with Gasteiger partial charge in [0.1, 0.15) is 5.75 Å². The predicted octanol–water partition coefficient (Wildman–Crippen LogP) is 7.60. The Morgan fingerprint density at radius 3 is 1.92 bits per heavy atom. The van der Waals surface area contributed by atoms with Gasteiger partial charge in [-0.25, -0.2) is 0 Å². The van der Waals surface area contributed by atoms with Gasteiger partial charge in [0, 0.05) is 0 Å². The van der Waals surface area contributed by atoms with Gasteiger partial charge >= 0.3 is 0 Å². The van der Waals surface area contributed by atoms with Crippen LogP contribution in [-0.2, 0) is 0 Å². The minimum Gasteiger partial charge on any atom is -0.508 e. The van der Waals surface area contributed by atoms with Crippen molar-refractivity contribution >= 4 is 8.07 Å². The quantitative estimate of drug-likeness (QED) is 0.522. The van der Waals surface area contributed by atoms with Gasteiger partial charge in [-0.1, -0.05) is 88.1 Å². The monoisotopic (exact) mass is 366 g/mol. The molecule has 0 saturated heterocycles. The maximum Gasteiger partial charge on any atom is 0.115 e. The summed E-state index contributed by atoms with van der Waals surface area (Å²) in [5.41, 5.74) is 4.94. The highest BCUT2D eigenvalue weighted by atomic mass is 28.3. The predicted molar refractivity (Wildman–Crippen MR) is 116 cm³/mol. The molecule has 0 aliphatic heterocycles. The highest BCUT2D eigenvalue weighted by Crippen LogP contribution is 2.45. The van der Waals surface area contributed by atoms with Crippen LogP contribution in [0.2, 0.25) is 24.7 Å². The van der Waals surface area contributed by atoms with Crippen LogP contribution in [0, 0.1) is 0 Å². The molecule has 140 valence electrons. The third kappa shape index (κ3) is 4.59. The molecule has 0 atom stereocenters. The van der Waals surface area contributed by atoms with Crippen LogP contribution in [0.4, 0.5) is 0 Å². The van der Waals surface area contributed by atoms with Gasteiger partial charge in [0.05, 0.1) is 8.07 Å². The van der Waals surface area contributed by atoms with Crippen LogP contribution in [0.15, 0.2) is 48.5 Å². The van der Waals surface area contributed by atoms with Gasteiger partial charge in [0.15, 0.2) is 0 Å². The molecule has 2 aromatic rings. The topological polar surface area (TPSA) is 20.2 Å². The van der Waals surface area contributed by atoms with E-state index in [-0.39, 0.29) is 0 Å². The van der Waals surface area contributed by atoms with Crippen molar-refractivity contribution in [3.63, 3.8) is 0 Å². The molecule has 1 nitrogen and oxygen atoms in total. The van der Waals surface area contributed by atoms with Crippen molar-refractivity contribution in [2.75, 3.05) is 0 Å². The van der Waals surface area contributed by atoms with Crippen LogP contribution in [-0.4, -0.2) is 13.2 Å². The standard InChI is InChI=1S/C24H34OSi/c1-4-5-18-26(2,3)24-16-12-22(13-17-24)20-8-6-19(7-9-20)21-10-14-23(25)15-11-21/h6-11,14-15,22,24-25H,4-5,12-13,16-18H2,1-3H3. The van der Waals surface area contributed by atoms with E-state index in [0.717, 1.165) is 11.5 Å². The van der Waals surface area contributed by atoms with Gasteiger partial charge in [-0.15, -0.1) is 0 Å². The third-order valence-corrected chi connectivity index (χ3v) is 11.0. The second-order valence-electron chi connectivity index (χ2n) is 8.81. The van der Waals surface area contributed by atoms with E-state index in [4.69, 9.17) is 0 Å². The second-order valence-corrected chi connectivity index (χ2v) is 14.1. The molecule has 1 aliphatic carbocycles. The maximum atomic E-state index is 9.45. The molecule has 1 saturated carbocycles. The Kier molecular flexibility index (Phi) is 6.23. The van der Waals surface area contributed by atoms with Crippen LogP contribution >= 0.6 is 0 Å². The number of unbranched alkanes of at least 4 members (excludes halogenated alkanes) is 1. The molecular formula is C24H34OSi. The zero-order chi connectivity index (χ0) is 18.6. The molecular weight excluding hydrogens is 332 g/mol. The summed E-state index contributed by atoms with van der Waals surface area (Å²) >= 11 is 0. The van der Waals surface area contributed by atoms with Crippen LogP contribution < -0.4 is 0 Å². The summed E-state index contributed by atoms with van der Waals surface area (Å²) in [4.78, 5) is 0. The van der Waals surface area contributed by atoms with Gasteiger partial charge in [-0.3, -0.25) is 0 Å². The molecule has 0 unspecified atom stereocenters. The third-order valence-electron chi connectivity index (χ3n) is 6.59. The summed E-state index contributed by atoms with van der Waals surface area (Å²) in [5, 5.41) is 9.45.